The molecule has 3 N–H and O–H groups in total. The Morgan fingerprint density at radius 2 is 1.97 bits per heavy atom. The summed E-state index contributed by atoms with van der Waals surface area (Å²) in [5, 5.41) is 10.8. The lowest BCUT2D eigenvalue weighted by molar-refractivity contribution is -0.119. The largest absolute Gasteiger partial charge is 0.339 e. The van der Waals surface area contributed by atoms with Crippen molar-refractivity contribution in [3.8, 4) is 11.3 Å². The Balaban J connectivity index is 1.27. The van der Waals surface area contributed by atoms with E-state index in [4.69, 9.17) is 0 Å². The van der Waals surface area contributed by atoms with Crippen LogP contribution < -0.4 is 10.6 Å². The van der Waals surface area contributed by atoms with Crippen LogP contribution in [0.5, 0.6) is 0 Å². The fourth-order valence-corrected chi connectivity index (χ4v) is 4.57. The van der Waals surface area contributed by atoms with Crippen LogP contribution in [0, 0.1) is 12.8 Å². The van der Waals surface area contributed by atoms with Crippen LogP contribution in [0.3, 0.4) is 0 Å². The number of anilines is 2. The molecular weight excluding hydrogens is 456 g/mol. The molecule has 186 valence electrons. The van der Waals surface area contributed by atoms with Crippen LogP contribution in [-0.2, 0) is 11.8 Å². The lowest BCUT2D eigenvalue weighted by Crippen LogP contribution is -2.53. The third kappa shape index (κ3) is 4.85. The molecule has 0 aliphatic carbocycles. The van der Waals surface area contributed by atoms with E-state index in [1.165, 1.54) is 6.20 Å². The van der Waals surface area contributed by atoms with Crippen molar-refractivity contribution in [3.63, 3.8) is 0 Å². The van der Waals surface area contributed by atoms with E-state index in [2.05, 4.69) is 49.4 Å². The summed E-state index contributed by atoms with van der Waals surface area (Å²) in [6.07, 6.45) is 7.94. The second-order valence-electron chi connectivity index (χ2n) is 9.68. The van der Waals surface area contributed by atoms with Crippen LogP contribution >= 0.6 is 0 Å². The number of aromatic amines is 1. The number of aromatic nitrogens is 5. The highest BCUT2D eigenvalue weighted by molar-refractivity contribution is 6.06. The first kappa shape index (κ1) is 23.7. The maximum Gasteiger partial charge on any atom is 0.257 e. The molecule has 0 spiro atoms. The van der Waals surface area contributed by atoms with Gasteiger partial charge in [-0.15, -0.1) is 0 Å². The number of hydrogen-bond acceptors (Lipinski definition) is 6. The number of carbonyl (C=O) groups excluding carboxylic acids is 2. The summed E-state index contributed by atoms with van der Waals surface area (Å²) in [5.41, 5.74) is 4.66. The Kier molecular flexibility index (Phi) is 6.27. The van der Waals surface area contributed by atoms with Crippen molar-refractivity contribution in [2.45, 2.75) is 33.2 Å². The molecule has 10 heteroatoms. The van der Waals surface area contributed by atoms with Crippen LogP contribution in [-0.4, -0.2) is 60.6 Å². The van der Waals surface area contributed by atoms with Crippen molar-refractivity contribution in [2.75, 3.05) is 23.7 Å². The molecule has 1 unspecified atom stereocenters. The standard InChI is InChI=1S/C26H30N8O2/c1-15(2)23-5-6-34(23)14-24(35)30-20-9-21(16(3)27-12-20)32-26(36)18-7-17-8-22(31-25(17)28-10-18)19-11-29-33(4)13-19/h7-13,15,23H,5-6,14H2,1-4H3,(H,28,31)(H,30,35)(H,32,36). The Bertz CT molecular complexity index is 1440. The van der Waals surface area contributed by atoms with Crippen molar-refractivity contribution in [1.29, 1.82) is 0 Å². The van der Waals surface area contributed by atoms with E-state index in [0.29, 0.717) is 46.8 Å². The molecule has 0 aromatic carbocycles. The molecule has 1 saturated heterocycles. The van der Waals surface area contributed by atoms with Crippen LogP contribution in [0.2, 0.25) is 0 Å². The highest BCUT2D eigenvalue weighted by atomic mass is 16.2. The first-order valence-electron chi connectivity index (χ1n) is 12.1. The third-order valence-electron chi connectivity index (χ3n) is 6.66. The highest BCUT2D eigenvalue weighted by Crippen LogP contribution is 2.25. The van der Waals surface area contributed by atoms with Gasteiger partial charge in [-0.05, 0) is 37.5 Å². The first-order chi connectivity index (χ1) is 17.3. The average Bonchev–Trinajstić information content (AvgIpc) is 3.44. The van der Waals surface area contributed by atoms with Gasteiger partial charge in [-0.25, -0.2) is 4.98 Å². The second kappa shape index (κ2) is 9.54. The third-order valence-corrected chi connectivity index (χ3v) is 6.66. The summed E-state index contributed by atoms with van der Waals surface area (Å²) in [6, 6.07) is 5.92. The number of amides is 2. The highest BCUT2D eigenvalue weighted by Gasteiger charge is 2.31. The quantitative estimate of drug-likeness (QED) is 0.367. The zero-order chi connectivity index (χ0) is 25.4. The molecule has 0 saturated carbocycles. The summed E-state index contributed by atoms with van der Waals surface area (Å²) >= 11 is 0. The lowest BCUT2D eigenvalue weighted by atomic mass is 9.92. The number of pyridine rings is 2. The minimum absolute atomic E-state index is 0.0881. The minimum Gasteiger partial charge on any atom is -0.339 e. The van der Waals surface area contributed by atoms with Gasteiger partial charge < -0.3 is 15.6 Å². The maximum atomic E-state index is 13.0. The van der Waals surface area contributed by atoms with Crippen molar-refractivity contribution >= 4 is 34.2 Å². The fraction of sp³-hybridized carbons (Fsp3) is 0.346. The summed E-state index contributed by atoms with van der Waals surface area (Å²) in [5.74, 6) is 0.133. The Labute approximate surface area is 209 Å². The first-order valence-corrected chi connectivity index (χ1v) is 12.1. The number of aryl methyl sites for hydroxylation is 2. The second-order valence-corrected chi connectivity index (χ2v) is 9.68. The minimum atomic E-state index is -0.303. The van der Waals surface area contributed by atoms with E-state index in [0.717, 1.165) is 29.6 Å². The van der Waals surface area contributed by atoms with E-state index in [1.807, 2.05) is 26.2 Å². The summed E-state index contributed by atoms with van der Waals surface area (Å²) in [6.45, 7) is 7.45. The van der Waals surface area contributed by atoms with Gasteiger partial charge in [0, 0.05) is 43.0 Å². The normalized spacial score (nSPS) is 15.8. The Hall–Kier alpha value is -4.05. The van der Waals surface area contributed by atoms with Gasteiger partial charge in [-0.3, -0.25) is 24.2 Å². The average molecular weight is 487 g/mol. The maximum absolute atomic E-state index is 13.0. The zero-order valence-electron chi connectivity index (χ0n) is 20.9. The Morgan fingerprint density at radius 3 is 2.67 bits per heavy atom. The molecule has 4 aromatic heterocycles. The van der Waals surface area contributed by atoms with Crippen molar-refractivity contribution in [2.24, 2.45) is 13.0 Å². The van der Waals surface area contributed by atoms with Crippen LogP contribution in [0.25, 0.3) is 22.3 Å². The van der Waals surface area contributed by atoms with Gasteiger partial charge in [-0.2, -0.15) is 5.10 Å². The SMILES string of the molecule is Cc1ncc(NC(=O)CN2CCC2C(C)C)cc1NC(=O)c1cnc2[nH]c(-c3cnn(C)c3)cc2c1. The Morgan fingerprint density at radius 1 is 1.14 bits per heavy atom. The number of carbonyl (C=O) groups is 2. The number of likely N-dealkylation sites (tertiary alicyclic amines) is 1. The van der Waals surface area contributed by atoms with Crippen LogP contribution in [0.4, 0.5) is 11.4 Å². The molecule has 1 aliphatic heterocycles. The summed E-state index contributed by atoms with van der Waals surface area (Å²) in [4.78, 5) is 39.8. The van der Waals surface area contributed by atoms with Gasteiger partial charge >= 0.3 is 0 Å². The molecule has 2 amide bonds. The monoisotopic (exact) mass is 486 g/mol. The molecule has 5 rings (SSSR count). The van der Waals surface area contributed by atoms with E-state index < -0.39 is 0 Å². The van der Waals surface area contributed by atoms with E-state index in [1.54, 1.807) is 29.2 Å². The number of hydrogen-bond donors (Lipinski definition) is 3. The summed E-state index contributed by atoms with van der Waals surface area (Å²) in [7, 11) is 1.86. The van der Waals surface area contributed by atoms with Crippen LogP contribution in [0.1, 0.15) is 36.3 Å². The fourth-order valence-electron chi connectivity index (χ4n) is 4.57. The number of nitrogens with one attached hydrogen (secondary N) is 3. The molecule has 1 atom stereocenters. The predicted octanol–water partition coefficient (Wildman–Crippen LogP) is 3.59. The van der Waals surface area contributed by atoms with Crippen LogP contribution in [0.15, 0.2) is 43.0 Å². The van der Waals surface area contributed by atoms with E-state index in [9.17, 15) is 9.59 Å². The molecule has 5 heterocycles. The molecule has 0 bridgehead atoms. The lowest BCUT2D eigenvalue weighted by Gasteiger charge is -2.43. The molecule has 4 aromatic rings. The van der Waals surface area contributed by atoms with Gasteiger partial charge in [0.15, 0.2) is 0 Å². The number of fused-ring (bicyclic) bond motifs is 1. The molecular formula is C26H30N8O2. The number of rotatable bonds is 7. The van der Waals surface area contributed by atoms with Gasteiger partial charge in [0.25, 0.3) is 5.91 Å². The van der Waals surface area contributed by atoms with Crippen molar-refractivity contribution < 1.29 is 9.59 Å². The van der Waals surface area contributed by atoms with E-state index >= 15 is 0 Å². The molecule has 1 aliphatic rings. The molecule has 10 nitrogen and oxygen atoms in total. The van der Waals surface area contributed by atoms with Gasteiger partial charge in [0.05, 0.1) is 47.3 Å². The molecule has 1 fully saturated rings. The number of nitrogens with zero attached hydrogens (tertiary/aromatic N) is 5. The van der Waals surface area contributed by atoms with Crippen molar-refractivity contribution in [1.82, 2.24) is 29.6 Å². The number of H-pyrrole nitrogens is 1. The van der Waals surface area contributed by atoms with Gasteiger partial charge in [0.2, 0.25) is 5.91 Å². The topological polar surface area (TPSA) is 121 Å². The smallest absolute Gasteiger partial charge is 0.257 e. The summed E-state index contributed by atoms with van der Waals surface area (Å²) < 4.78 is 1.73. The van der Waals surface area contributed by atoms with Crippen molar-refractivity contribution in [3.05, 3.63) is 54.2 Å². The predicted molar refractivity (Wildman–Crippen MR) is 139 cm³/mol. The van der Waals surface area contributed by atoms with Gasteiger partial charge in [-0.1, -0.05) is 13.8 Å². The van der Waals surface area contributed by atoms with Gasteiger partial charge in [0.1, 0.15) is 5.65 Å². The molecule has 36 heavy (non-hydrogen) atoms. The van der Waals surface area contributed by atoms with E-state index in [-0.39, 0.29) is 11.8 Å². The molecule has 0 radical (unpaired) electrons. The zero-order valence-corrected chi connectivity index (χ0v) is 20.9.